The van der Waals surface area contributed by atoms with Crippen molar-refractivity contribution >= 4 is 11.8 Å². The first kappa shape index (κ1) is 17.9. The van der Waals surface area contributed by atoms with Crippen molar-refractivity contribution < 1.29 is 27.2 Å². The van der Waals surface area contributed by atoms with Gasteiger partial charge in [-0.1, -0.05) is 6.92 Å². The maximum atomic E-state index is 13.0. The van der Waals surface area contributed by atoms with Gasteiger partial charge >= 0.3 is 0 Å². The molecule has 0 unspecified atom stereocenters. The number of hydrogen-bond donors (Lipinski definition) is 1. The number of carbonyl (C=O) groups excluding carboxylic acids is 2. The summed E-state index contributed by atoms with van der Waals surface area (Å²) in [4.78, 5) is 24.4. The molecule has 0 saturated carbocycles. The van der Waals surface area contributed by atoms with Gasteiger partial charge in [-0.25, -0.2) is 17.6 Å². The minimum Gasteiger partial charge on any atom is -0.343 e. The van der Waals surface area contributed by atoms with E-state index in [0.29, 0.717) is 12.5 Å². The maximum Gasteiger partial charge on any atom is 0.255 e. The second kappa shape index (κ2) is 8.35. The van der Waals surface area contributed by atoms with Crippen LogP contribution in [0.5, 0.6) is 0 Å². The number of hydrogen-bond acceptors (Lipinski definition) is 2. The zero-order valence-electron chi connectivity index (χ0n) is 11.9. The first-order valence-corrected chi connectivity index (χ1v) is 6.63. The maximum absolute atomic E-state index is 13.0. The Balaban J connectivity index is 2.63. The van der Waals surface area contributed by atoms with Gasteiger partial charge in [-0.3, -0.25) is 9.59 Å². The van der Waals surface area contributed by atoms with Crippen molar-refractivity contribution in [1.29, 1.82) is 0 Å². The molecule has 0 aliphatic rings. The van der Waals surface area contributed by atoms with Gasteiger partial charge in [0.1, 0.15) is 11.6 Å². The summed E-state index contributed by atoms with van der Waals surface area (Å²) in [5, 5.41) is 2.16. The van der Waals surface area contributed by atoms with Gasteiger partial charge in [0, 0.05) is 18.2 Å². The molecular weight excluding hydrogens is 304 g/mol. The van der Waals surface area contributed by atoms with Gasteiger partial charge in [-0.2, -0.15) is 0 Å². The number of nitrogens with zero attached hydrogens (tertiary/aromatic N) is 1. The molecule has 4 nitrogen and oxygen atoms in total. The van der Waals surface area contributed by atoms with Gasteiger partial charge in [0.05, 0.1) is 13.1 Å². The highest BCUT2D eigenvalue weighted by atomic mass is 19.3. The Labute approximate surface area is 125 Å². The topological polar surface area (TPSA) is 49.4 Å². The molecule has 0 aromatic heterocycles. The lowest BCUT2D eigenvalue weighted by atomic mass is 10.2. The molecule has 0 bridgehead atoms. The average Bonchev–Trinajstić information content (AvgIpc) is 2.42. The first-order chi connectivity index (χ1) is 10.3. The number of alkyl halides is 2. The van der Waals surface area contributed by atoms with Crippen LogP contribution in [0.4, 0.5) is 17.6 Å². The van der Waals surface area contributed by atoms with E-state index < -0.39 is 43.0 Å². The van der Waals surface area contributed by atoms with Crippen LogP contribution in [0.25, 0.3) is 0 Å². The van der Waals surface area contributed by atoms with Crippen LogP contribution in [0, 0.1) is 11.6 Å². The smallest absolute Gasteiger partial charge is 0.255 e. The van der Waals surface area contributed by atoms with E-state index in [4.69, 9.17) is 0 Å². The fraction of sp³-hybridized carbons (Fsp3) is 0.429. The van der Waals surface area contributed by atoms with Crippen LogP contribution in [0.1, 0.15) is 23.7 Å². The third kappa shape index (κ3) is 5.71. The van der Waals surface area contributed by atoms with Crippen LogP contribution in [0.3, 0.4) is 0 Å². The summed E-state index contributed by atoms with van der Waals surface area (Å²) in [5.74, 6) is -3.41. The summed E-state index contributed by atoms with van der Waals surface area (Å²) in [6, 6.07) is 2.23. The van der Waals surface area contributed by atoms with Crippen LogP contribution in [-0.4, -0.2) is 42.8 Å². The van der Waals surface area contributed by atoms with E-state index in [1.54, 1.807) is 6.92 Å². The second-order valence-electron chi connectivity index (χ2n) is 4.57. The molecule has 1 N–H and O–H groups in total. The van der Waals surface area contributed by atoms with Gasteiger partial charge in [-0.05, 0) is 18.6 Å². The molecule has 0 fully saturated rings. The molecule has 0 aliphatic carbocycles. The molecule has 0 radical (unpaired) electrons. The largest absolute Gasteiger partial charge is 0.343 e. The highest BCUT2D eigenvalue weighted by Crippen LogP contribution is 2.08. The Bertz CT molecular complexity index is 517. The fourth-order valence-electron chi connectivity index (χ4n) is 1.81. The van der Waals surface area contributed by atoms with Crippen molar-refractivity contribution in [3.8, 4) is 0 Å². The van der Waals surface area contributed by atoms with E-state index >= 15 is 0 Å². The van der Waals surface area contributed by atoms with Crippen molar-refractivity contribution in [2.75, 3.05) is 19.6 Å². The number of rotatable bonds is 7. The molecule has 0 heterocycles. The summed E-state index contributed by atoms with van der Waals surface area (Å²) in [6.45, 7) is 0.605. The predicted molar refractivity (Wildman–Crippen MR) is 71.6 cm³/mol. The van der Waals surface area contributed by atoms with Gasteiger partial charge in [0.2, 0.25) is 5.91 Å². The summed E-state index contributed by atoms with van der Waals surface area (Å²) in [5.41, 5.74) is -0.291. The van der Waals surface area contributed by atoms with Crippen LogP contribution < -0.4 is 5.32 Å². The molecule has 22 heavy (non-hydrogen) atoms. The Morgan fingerprint density at radius 2 is 1.77 bits per heavy atom. The van der Waals surface area contributed by atoms with E-state index in [2.05, 4.69) is 5.32 Å². The van der Waals surface area contributed by atoms with Crippen LogP contribution in [0.2, 0.25) is 0 Å². The molecule has 8 heteroatoms. The zero-order valence-corrected chi connectivity index (χ0v) is 11.9. The van der Waals surface area contributed by atoms with Crippen molar-refractivity contribution in [3.63, 3.8) is 0 Å². The van der Waals surface area contributed by atoms with Crippen LogP contribution >= 0.6 is 0 Å². The molecule has 0 atom stereocenters. The summed E-state index contributed by atoms with van der Waals surface area (Å²) < 4.78 is 50.7. The lowest BCUT2D eigenvalue weighted by Crippen LogP contribution is -2.42. The lowest BCUT2D eigenvalue weighted by molar-refractivity contribution is -0.132. The second-order valence-corrected chi connectivity index (χ2v) is 4.57. The van der Waals surface area contributed by atoms with Crippen molar-refractivity contribution in [1.82, 2.24) is 10.2 Å². The lowest BCUT2D eigenvalue weighted by Gasteiger charge is -2.21. The molecule has 0 aliphatic heterocycles. The quantitative estimate of drug-likeness (QED) is 0.783. The van der Waals surface area contributed by atoms with E-state index in [9.17, 15) is 27.2 Å². The minimum atomic E-state index is -2.68. The van der Waals surface area contributed by atoms with E-state index in [-0.39, 0.29) is 12.1 Å². The Hall–Kier alpha value is -2.12. The van der Waals surface area contributed by atoms with Gasteiger partial charge in [0.15, 0.2) is 0 Å². The molecule has 1 aromatic carbocycles. The molecule has 1 rings (SSSR count). The Morgan fingerprint density at radius 1 is 1.18 bits per heavy atom. The predicted octanol–water partition coefficient (Wildman–Crippen LogP) is 2.20. The van der Waals surface area contributed by atoms with E-state index in [1.807, 2.05) is 0 Å². The third-order valence-corrected chi connectivity index (χ3v) is 2.73. The zero-order chi connectivity index (χ0) is 16.7. The summed E-state index contributed by atoms with van der Waals surface area (Å²) in [7, 11) is 0. The number of halogens is 4. The molecule has 0 saturated heterocycles. The van der Waals surface area contributed by atoms with Gasteiger partial charge in [-0.15, -0.1) is 0 Å². The van der Waals surface area contributed by atoms with Crippen molar-refractivity contribution in [3.05, 3.63) is 35.4 Å². The summed E-state index contributed by atoms with van der Waals surface area (Å²) in [6.07, 6.45) is -2.19. The fourth-order valence-corrected chi connectivity index (χ4v) is 1.81. The monoisotopic (exact) mass is 320 g/mol. The highest BCUT2D eigenvalue weighted by molar-refractivity contribution is 5.96. The number of amides is 2. The molecular formula is C14H16F4N2O2. The first-order valence-electron chi connectivity index (χ1n) is 6.63. The third-order valence-electron chi connectivity index (χ3n) is 2.73. The van der Waals surface area contributed by atoms with Crippen molar-refractivity contribution in [2.45, 2.75) is 19.8 Å². The number of benzene rings is 1. The Morgan fingerprint density at radius 3 is 2.27 bits per heavy atom. The standard InChI is InChI=1S/C14H16F4N2O2/c1-2-3-20(8-12(17)18)13(21)7-19-14(22)9-4-10(15)6-11(16)5-9/h4-6,12H,2-3,7-8H2,1H3,(H,19,22). The van der Waals surface area contributed by atoms with E-state index in [0.717, 1.165) is 17.0 Å². The SMILES string of the molecule is CCCN(CC(F)F)C(=O)CNC(=O)c1cc(F)cc(F)c1. The Kier molecular flexibility index (Phi) is 6.81. The van der Waals surface area contributed by atoms with E-state index in [1.165, 1.54) is 0 Å². The average molecular weight is 320 g/mol. The van der Waals surface area contributed by atoms with Crippen LogP contribution in [-0.2, 0) is 4.79 Å². The minimum absolute atomic E-state index is 0.133. The molecule has 1 aromatic rings. The van der Waals surface area contributed by atoms with Gasteiger partial charge in [0.25, 0.3) is 12.3 Å². The number of carbonyl (C=O) groups is 2. The van der Waals surface area contributed by atoms with Gasteiger partial charge < -0.3 is 10.2 Å². The summed E-state index contributed by atoms with van der Waals surface area (Å²) >= 11 is 0. The molecule has 2 amide bonds. The number of nitrogens with one attached hydrogen (secondary N) is 1. The molecule has 122 valence electrons. The van der Waals surface area contributed by atoms with Crippen LogP contribution in [0.15, 0.2) is 18.2 Å². The normalized spacial score (nSPS) is 10.6. The molecule has 0 spiro atoms. The highest BCUT2D eigenvalue weighted by Gasteiger charge is 2.18. The van der Waals surface area contributed by atoms with Crippen molar-refractivity contribution in [2.24, 2.45) is 0 Å².